The van der Waals surface area contributed by atoms with Crippen LogP contribution < -0.4 is 5.32 Å². The number of rotatable bonds is 4. The van der Waals surface area contributed by atoms with Crippen molar-refractivity contribution in [3.63, 3.8) is 0 Å². The average Bonchev–Trinajstić information content (AvgIpc) is 2.69. The van der Waals surface area contributed by atoms with Gasteiger partial charge in [-0.1, -0.05) is 0 Å². The summed E-state index contributed by atoms with van der Waals surface area (Å²) < 4.78 is 5.38. The van der Waals surface area contributed by atoms with Crippen LogP contribution >= 0.6 is 11.3 Å². The van der Waals surface area contributed by atoms with Crippen LogP contribution in [0.1, 0.15) is 24.3 Å². The number of hydrogen-bond acceptors (Lipinski definition) is 5. The zero-order valence-electron chi connectivity index (χ0n) is 10.3. The zero-order valence-corrected chi connectivity index (χ0v) is 11.1. The third-order valence-corrected chi connectivity index (χ3v) is 3.30. The summed E-state index contributed by atoms with van der Waals surface area (Å²) in [6.07, 6.45) is 0.146. The van der Waals surface area contributed by atoms with Crippen molar-refractivity contribution >= 4 is 28.3 Å². The quantitative estimate of drug-likeness (QED) is 0.884. The van der Waals surface area contributed by atoms with Crippen LogP contribution in [-0.2, 0) is 9.53 Å². The fraction of sp³-hybridized carbons (Fsp3) is 0.545. The van der Waals surface area contributed by atoms with E-state index in [0.717, 1.165) is 0 Å². The Labute approximate surface area is 109 Å². The van der Waals surface area contributed by atoms with Crippen molar-refractivity contribution in [3.8, 4) is 0 Å². The number of anilines is 1. The molecule has 1 aliphatic heterocycles. The number of likely N-dealkylation sites (tertiary alicyclic amines) is 1. The summed E-state index contributed by atoms with van der Waals surface area (Å²) >= 11 is 1.25. The molecule has 2 heterocycles. The zero-order chi connectivity index (χ0) is 13.1. The second-order valence-electron chi connectivity index (χ2n) is 4.01. The van der Waals surface area contributed by atoms with Gasteiger partial charge in [-0.3, -0.25) is 9.59 Å². The van der Waals surface area contributed by atoms with Gasteiger partial charge in [-0.15, -0.1) is 11.3 Å². The Balaban J connectivity index is 1.90. The first-order valence-electron chi connectivity index (χ1n) is 5.74. The Kier molecular flexibility index (Phi) is 3.93. The Bertz CT molecular complexity index is 454. The lowest BCUT2D eigenvalue weighted by atomic mass is 10.1. The molecular formula is C11H15N3O3S. The molecule has 0 saturated carbocycles. The van der Waals surface area contributed by atoms with Gasteiger partial charge < -0.3 is 15.0 Å². The second-order valence-corrected chi connectivity index (χ2v) is 4.86. The van der Waals surface area contributed by atoms with Crippen molar-refractivity contribution in [3.05, 3.63) is 11.1 Å². The normalized spacial score (nSPS) is 15.3. The van der Waals surface area contributed by atoms with Gasteiger partial charge in [-0.2, -0.15) is 0 Å². The Morgan fingerprint density at radius 1 is 1.61 bits per heavy atom. The van der Waals surface area contributed by atoms with Gasteiger partial charge in [0.2, 0.25) is 5.91 Å². The largest absolute Gasteiger partial charge is 0.375 e. The molecule has 0 unspecified atom stereocenters. The minimum absolute atomic E-state index is 0.112. The number of carbonyl (C=O) groups excluding carboxylic acids is 2. The van der Waals surface area contributed by atoms with E-state index in [4.69, 9.17) is 4.74 Å². The minimum Gasteiger partial charge on any atom is -0.375 e. The maximum atomic E-state index is 12.0. The summed E-state index contributed by atoms with van der Waals surface area (Å²) in [7, 11) is 0. The standard InChI is InChI=1S/C11H15N3O3S/c1-3-17-8-4-14(5-8)10(16)9-6-18-11(13-9)12-7(2)15/h6,8H,3-5H2,1-2H3,(H,12,13,15). The lowest BCUT2D eigenvalue weighted by molar-refractivity contribution is -0.114. The number of nitrogens with one attached hydrogen (secondary N) is 1. The van der Waals surface area contributed by atoms with Crippen LogP contribution in [0, 0.1) is 0 Å². The number of ether oxygens (including phenoxy) is 1. The predicted octanol–water partition coefficient (Wildman–Crippen LogP) is 0.962. The lowest BCUT2D eigenvalue weighted by Crippen LogP contribution is -2.54. The van der Waals surface area contributed by atoms with Gasteiger partial charge in [0, 0.05) is 32.0 Å². The van der Waals surface area contributed by atoms with Crippen LogP contribution in [0.5, 0.6) is 0 Å². The molecule has 0 radical (unpaired) electrons. The number of thiazole rings is 1. The predicted molar refractivity (Wildman–Crippen MR) is 67.7 cm³/mol. The van der Waals surface area contributed by atoms with Crippen LogP contribution in [0.3, 0.4) is 0 Å². The fourth-order valence-corrected chi connectivity index (χ4v) is 2.42. The molecule has 1 aromatic heterocycles. The van der Waals surface area contributed by atoms with Crippen molar-refractivity contribution in [1.29, 1.82) is 0 Å². The molecule has 1 fully saturated rings. The van der Waals surface area contributed by atoms with Gasteiger partial charge in [-0.05, 0) is 6.92 Å². The van der Waals surface area contributed by atoms with E-state index in [1.54, 1.807) is 10.3 Å². The second kappa shape index (κ2) is 5.45. The minimum atomic E-state index is -0.191. The number of hydrogen-bond donors (Lipinski definition) is 1. The van der Waals surface area contributed by atoms with Crippen molar-refractivity contribution in [2.45, 2.75) is 20.0 Å². The molecule has 2 rings (SSSR count). The summed E-state index contributed by atoms with van der Waals surface area (Å²) in [5.41, 5.74) is 0.374. The number of amides is 2. The highest BCUT2D eigenvalue weighted by Crippen LogP contribution is 2.20. The van der Waals surface area contributed by atoms with Crippen LogP contribution in [0.4, 0.5) is 5.13 Å². The molecule has 0 bridgehead atoms. The van der Waals surface area contributed by atoms with Crippen LogP contribution in [0.25, 0.3) is 0 Å². The first-order chi connectivity index (χ1) is 8.60. The van der Waals surface area contributed by atoms with Crippen molar-refractivity contribution < 1.29 is 14.3 Å². The Morgan fingerprint density at radius 3 is 2.94 bits per heavy atom. The average molecular weight is 269 g/mol. The first-order valence-corrected chi connectivity index (χ1v) is 6.62. The van der Waals surface area contributed by atoms with E-state index in [-0.39, 0.29) is 17.9 Å². The maximum Gasteiger partial charge on any atom is 0.273 e. The molecular weight excluding hydrogens is 254 g/mol. The molecule has 6 nitrogen and oxygen atoms in total. The van der Waals surface area contributed by atoms with Crippen LogP contribution in [0.15, 0.2) is 5.38 Å². The molecule has 1 aromatic rings. The van der Waals surface area contributed by atoms with Crippen molar-refractivity contribution in [1.82, 2.24) is 9.88 Å². The van der Waals surface area contributed by atoms with E-state index < -0.39 is 0 Å². The summed E-state index contributed by atoms with van der Waals surface area (Å²) in [5.74, 6) is -0.303. The van der Waals surface area contributed by atoms with Gasteiger partial charge in [0.15, 0.2) is 5.13 Å². The van der Waals surface area contributed by atoms with Gasteiger partial charge in [-0.25, -0.2) is 4.98 Å². The Morgan fingerprint density at radius 2 is 2.33 bits per heavy atom. The molecule has 98 valence electrons. The van der Waals surface area contributed by atoms with Crippen molar-refractivity contribution in [2.75, 3.05) is 25.0 Å². The highest BCUT2D eigenvalue weighted by molar-refractivity contribution is 7.14. The molecule has 7 heteroatoms. The number of nitrogens with zero attached hydrogens (tertiary/aromatic N) is 2. The summed E-state index contributed by atoms with van der Waals surface area (Å²) in [6.45, 7) is 5.23. The fourth-order valence-electron chi connectivity index (χ4n) is 1.69. The first kappa shape index (κ1) is 13.0. The van der Waals surface area contributed by atoms with Gasteiger partial charge >= 0.3 is 0 Å². The molecule has 0 aliphatic carbocycles. The van der Waals surface area contributed by atoms with Crippen LogP contribution in [-0.4, -0.2) is 47.5 Å². The highest BCUT2D eigenvalue weighted by Gasteiger charge is 2.32. The molecule has 1 N–H and O–H groups in total. The number of aromatic nitrogens is 1. The van der Waals surface area contributed by atoms with Crippen LogP contribution in [0.2, 0.25) is 0 Å². The molecule has 18 heavy (non-hydrogen) atoms. The molecule has 0 aromatic carbocycles. The maximum absolute atomic E-state index is 12.0. The molecule has 0 spiro atoms. The topological polar surface area (TPSA) is 71.5 Å². The summed E-state index contributed by atoms with van der Waals surface area (Å²) in [4.78, 5) is 28.6. The molecule has 1 saturated heterocycles. The number of carbonyl (C=O) groups is 2. The smallest absolute Gasteiger partial charge is 0.273 e. The summed E-state index contributed by atoms with van der Waals surface area (Å²) in [5, 5.41) is 4.66. The summed E-state index contributed by atoms with van der Waals surface area (Å²) in [6, 6.07) is 0. The van der Waals surface area contributed by atoms with Gasteiger partial charge in [0.05, 0.1) is 6.10 Å². The molecule has 1 aliphatic rings. The molecule has 2 amide bonds. The third-order valence-electron chi connectivity index (χ3n) is 2.54. The molecule has 0 atom stereocenters. The van der Waals surface area contributed by atoms with Gasteiger partial charge in [0.1, 0.15) is 5.69 Å². The SMILES string of the molecule is CCOC1CN(C(=O)c2csc(NC(C)=O)n2)C1. The third kappa shape index (κ3) is 2.85. The van der Waals surface area contributed by atoms with E-state index in [2.05, 4.69) is 10.3 Å². The van der Waals surface area contributed by atoms with E-state index in [1.807, 2.05) is 6.92 Å². The van der Waals surface area contributed by atoms with E-state index in [0.29, 0.717) is 30.5 Å². The van der Waals surface area contributed by atoms with Gasteiger partial charge in [0.25, 0.3) is 5.91 Å². The van der Waals surface area contributed by atoms with Crippen molar-refractivity contribution in [2.24, 2.45) is 0 Å². The lowest BCUT2D eigenvalue weighted by Gasteiger charge is -2.38. The Hall–Kier alpha value is -1.47. The highest BCUT2D eigenvalue weighted by atomic mass is 32.1. The van der Waals surface area contributed by atoms with E-state index in [1.165, 1.54) is 18.3 Å². The van der Waals surface area contributed by atoms with E-state index in [9.17, 15) is 9.59 Å². The monoisotopic (exact) mass is 269 g/mol. The van der Waals surface area contributed by atoms with E-state index >= 15 is 0 Å².